The largest absolute Gasteiger partial charge is 0.389 e. The summed E-state index contributed by atoms with van der Waals surface area (Å²) in [6, 6.07) is 0. The molecule has 4 unspecified atom stereocenters. The summed E-state index contributed by atoms with van der Waals surface area (Å²) in [5, 5.41) is 17.5. The number of halogens is 2. The minimum absolute atomic E-state index is 0.136. The zero-order chi connectivity index (χ0) is 23.0. The van der Waals surface area contributed by atoms with Gasteiger partial charge in [-0.2, -0.15) is 0 Å². The molecule has 1 aromatic rings. The molecule has 178 valence electrons. The summed E-state index contributed by atoms with van der Waals surface area (Å²) in [7, 11) is 0. The van der Waals surface area contributed by atoms with Crippen LogP contribution in [0.4, 0.5) is 20.2 Å². The third-order valence-corrected chi connectivity index (χ3v) is 6.05. The summed E-state index contributed by atoms with van der Waals surface area (Å²) in [6.45, 7) is 6.71. The molecule has 10 nitrogen and oxygen atoms in total. The third kappa shape index (κ3) is 5.00. The Kier molecular flexibility index (Phi) is 6.61. The van der Waals surface area contributed by atoms with Crippen LogP contribution in [0.5, 0.6) is 0 Å². The predicted molar refractivity (Wildman–Crippen MR) is 116 cm³/mol. The number of amides is 1. The van der Waals surface area contributed by atoms with Gasteiger partial charge in [0.15, 0.2) is 5.82 Å². The quantitative estimate of drug-likeness (QED) is 0.383. The summed E-state index contributed by atoms with van der Waals surface area (Å²) >= 11 is 0. The van der Waals surface area contributed by atoms with Gasteiger partial charge in [-0.15, -0.1) is 0 Å². The van der Waals surface area contributed by atoms with Crippen LogP contribution in [-0.2, 0) is 4.79 Å². The van der Waals surface area contributed by atoms with Gasteiger partial charge in [0.1, 0.15) is 11.9 Å². The highest BCUT2D eigenvalue weighted by Crippen LogP contribution is 2.31. The second-order valence-electron chi connectivity index (χ2n) is 9.37. The van der Waals surface area contributed by atoms with Crippen molar-refractivity contribution in [1.82, 2.24) is 25.6 Å². The number of piperazine rings is 1. The molecule has 4 heterocycles. The summed E-state index contributed by atoms with van der Waals surface area (Å²) in [4.78, 5) is 21.0. The Morgan fingerprint density at radius 1 is 1.34 bits per heavy atom. The fraction of sp³-hybridized carbons (Fsp3) is 0.700. The van der Waals surface area contributed by atoms with Crippen LogP contribution < -0.4 is 26.7 Å². The van der Waals surface area contributed by atoms with Gasteiger partial charge in [0.2, 0.25) is 5.91 Å². The van der Waals surface area contributed by atoms with E-state index in [2.05, 4.69) is 25.9 Å². The first kappa shape index (κ1) is 23.2. The predicted octanol–water partition coefficient (Wildman–Crippen LogP) is -0.959. The van der Waals surface area contributed by atoms with Crippen LogP contribution in [0, 0.1) is 11.7 Å². The number of carbonyl (C=O) groups excluding carboxylic acids is 1. The third-order valence-electron chi connectivity index (χ3n) is 6.05. The van der Waals surface area contributed by atoms with Crippen molar-refractivity contribution in [1.29, 1.82) is 0 Å². The van der Waals surface area contributed by atoms with Crippen LogP contribution in [0.15, 0.2) is 12.4 Å². The molecule has 4 rings (SSSR count). The average molecular weight is 455 g/mol. The van der Waals surface area contributed by atoms with E-state index >= 15 is 0 Å². The Labute approximate surface area is 186 Å². The summed E-state index contributed by atoms with van der Waals surface area (Å²) < 4.78 is 28.5. The molecule has 0 spiro atoms. The lowest BCUT2D eigenvalue weighted by Crippen LogP contribution is -2.58. The van der Waals surface area contributed by atoms with Crippen molar-refractivity contribution in [2.75, 3.05) is 56.0 Å². The van der Waals surface area contributed by atoms with Gasteiger partial charge in [-0.3, -0.25) is 20.0 Å². The Hall–Kier alpha value is -1.96. The van der Waals surface area contributed by atoms with Crippen molar-refractivity contribution >= 4 is 17.3 Å². The lowest BCUT2D eigenvalue weighted by atomic mass is 10.0. The van der Waals surface area contributed by atoms with Crippen molar-refractivity contribution in [3.63, 3.8) is 0 Å². The molecule has 0 radical (unpaired) electrons. The number of β-amino-alcohol motifs (C(OH)–C–C–N with tert-alkyl or cyclic N) is 1. The number of hydrogen-bond acceptors (Lipinski definition) is 9. The molecule has 3 aliphatic heterocycles. The number of anilines is 2. The number of alkyl halides is 1. The molecule has 3 fully saturated rings. The van der Waals surface area contributed by atoms with Crippen LogP contribution in [-0.4, -0.2) is 95.8 Å². The topological polar surface area (TPSA) is 122 Å². The minimum Gasteiger partial charge on any atom is -0.389 e. The number of nitrogens with one attached hydrogen (secondary N) is 3. The van der Waals surface area contributed by atoms with Gasteiger partial charge >= 0.3 is 0 Å². The van der Waals surface area contributed by atoms with E-state index in [0.717, 1.165) is 6.20 Å². The molecule has 6 N–H and O–H groups in total. The van der Waals surface area contributed by atoms with Crippen molar-refractivity contribution in [3.8, 4) is 0 Å². The number of fused-ring (bicyclic) bond motifs is 1. The van der Waals surface area contributed by atoms with E-state index in [0.29, 0.717) is 32.7 Å². The number of nitrogens with zero attached hydrogens (tertiary/aromatic N) is 4. The lowest BCUT2D eigenvalue weighted by Gasteiger charge is -2.39. The van der Waals surface area contributed by atoms with Crippen molar-refractivity contribution in [3.05, 3.63) is 18.2 Å². The van der Waals surface area contributed by atoms with Gasteiger partial charge in [-0.25, -0.2) is 19.2 Å². The summed E-state index contributed by atoms with van der Waals surface area (Å²) in [6.07, 6.45) is 0.349. The maximum Gasteiger partial charge on any atom is 0.233 e. The number of aliphatic hydroxyl groups is 1. The average Bonchev–Trinajstić information content (AvgIpc) is 3.02. The fourth-order valence-electron chi connectivity index (χ4n) is 4.71. The van der Waals surface area contributed by atoms with Gasteiger partial charge in [-0.05, 0) is 13.8 Å². The number of rotatable bonds is 5. The SMILES string of the molecule is CC(C)(O)CN1CCN(c2c(F)cncc2NC(=O)C2C(N)NN3CC(F)CNC23)CC1. The van der Waals surface area contributed by atoms with Gasteiger partial charge in [0.25, 0.3) is 0 Å². The van der Waals surface area contributed by atoms with E-state index in [1.165, 1.54) is 6.20 Å². The molecule has 3 saturated heterocycles. The first-order valence-corrected chi connectivity index (χ1v) is 10.9. The van der Waals surface area contributed by atoms with Gasteiger partial charge in [0, 0.05) is 45.8 Å². The summed E-state index contributed by atoms with van der Waals surface area (Å²) in [5.74, 6) is -1.61. The maximum atomic E-state index is 14.8. The number of hydrazine groups is 1. The van der Waals surface area contributed by atoms with E-state index in [1.807, 2.05) is 4.90 Å². The molecule has 1 amide bonds. The number of aromatic nitrogens is 1. The number of nitrogens with two attached hydrogens (primary N) is 1. The maximum absolute atomic E-state index is 14.8. The number of carbonyl (C=O) groups is 1. The second kappa shape index (κ2) is 9.12. The van der Waals surface area contributed by atoms with Crippen LogP contribution in [0.1, 0.15) is 13.8 Å². The van der Waals surface area contributed by atoms with Crippen molar-refractivity contribution in [2.45, 2.75) is 38.0 Å². The molecule has 32 heavy (non-hydrogen) atoms. The molecule has 3 aliphatic rings. The molecule has 4 atom stereocenters. The van der Waals surface area contributed by atoms with Crippen LogP contribution >= 0.6 is 0 Å². The molecular formula is C20H32F2N8O2. The monoisotopic (exact) mass is 454 g/mol. The van der Waals surface area contributed by atoms with Crippen LogP contribution in [0.3, 0.4) is 0 Å². The molecule has 0 aromatic carbocycles. The molecule has 0 saturated carbocycles. The van der Waals surface area contributed by atoms with Crippen molar-refractivity contribution in [2.24, 2.45) is 11.7 Å². The molecule has 0 bridgehead atoms. The highest BCUT2D eigenvalue weighted by molar-refractivity contribution is 5.96. The first-order valence-electron chi connectivity index (χ1n) is 10.9. The summed E-state index contributed by atoms with van der Waals surface area (Å²) in [5.41, 5.74) is 8.80. The highest BCUT2D eigenvalue weighted by atomic mass is 19.1. The molecule has 0 aliphatic carbocycles. The second-order valence-corrected chi connectivity index (χ2v) is 9.37. The zero-order valence-electron chi connectivity index (χ0n) is 18.4. The Bertz CT molecular complexity index is 830. The van der Waals surface area contributed by atoms with E-state index in [1.54, 1.807) is 18.9 Å². The Morgan fingerprint density at radius 3 is 2.75 bits per heavy atom. The highest BCUT2D eigenvalue weighted by Gasteiger charge is 2.47. The minimum atomic E-state index is -1.05. The number of pyridine rings is 1. The number of hydrogen-bond donors (Lipinski definition) is 5. The molecular weight excluding hydrogens is 422 g/mol. The zero-order valence-corrected chi connectivity index (χ0v) is 18.4. The lowest BCUT2D eigenvalue weighted by molar-refractivity contribution is -0.121. The van der Waals surface area contributed by atoms with Gasteiger partial charge in [-0.1, -0.05) is 0 Å². The normalized spacial score (nSPS) is 29.8. The molecule has 12 heteroatoms. The van der Waals surface area contributed by atoms with E-state index in [9.17, 15) is 18.7 Å². The fourth-order valence-corrected chi connectivity index (χ4v) is 4.71. The van der Waals surface area contributed by atoms with Gasteiger partial charge < -0.3 is 21.1 Å². The van der Waals surface area contributed by atoms with Gasteiger partial charge in [0.05, 0.1) is 41.9 Å². The van der Waals surface area contributed by atoms with Crippen LogP contribution in [0.2, 0.25) is 0 Å². The van der Waals surface area contributed by atoms with E-state index in [4.69, 9.17) is 5.73 Å². The van der Waals surface area contributed by atoms with E-state index in [-0.39, 0.29) is 24.5 Å². The smallest absolute Gasteiger partial charge is 0.233 e. The standard InChI is InChI=1S/C20H32F2N8O2/c1-20(2,32)11-28-3-5-29(6-4-28)16-13(22)8-24-9-14(16)26-19(31)15-17(23)27-30-10-12(21)7-25-18(15)30/h8-9,12,15,17-18,25,27,32H,3-7,10-11,23H2,1-2H3,(H,26,31). The Morgan fingerprint density at radius 2 is 2.06 bits per heavy atom. The van der Waals surface area contributed by atoms with Crippen LogP contribution in [0.25, 0.3) is 0 Å². The Balaban J connectivity index is 1.46. The van der Waals surface area contributed by atoms with E-state index < -0.39 is 41.7 Å². The van der Waals surface area contributed by atoms with Crippen molar-refractivity contribution < 1.29 is 18.7 Å². The molecule has 1 aromatic heterocycles. The first-order chi connectivity index (χ1) is 15.1.